The van der Waals surface area contributed by atoms with Gasteiger partial charge in [-0.05, 0) is 0 Å². The van der Waals surface area contributed by atoms with E-state index in [1.165, 1.54) is 0 Å². The van der Waals surface area contributed by atoms with Crippen molar-refractivity contribution < 1.29 is 154 Å². The van der Waals surface area contributed by atoms with E-state index in [4.69, 9.17) is 0 Å². The molecule has 0 aromatic carbocycles. The van der Waals surface area contributed by atoms with Gasteiger partial charge in [0.1, 0.15) is 0 Å². The summed E-state index contributed by atoms with van der Waals surface area (Å²) in [4.78, 5) is 0. The molecule has 0 aromatic rings. The molecular formula is C17Cl3F35Si. The molecule has 0 aliphatic carbocycles. The van der Waals surface area contributed by atoms with Gasteiger partial charge in [-0.2, -0.15) is 149 Å². The van der Waals surface area contributed by atoms with Crippen LogP contribution in [0.3, 0.4) is 0 Å². The van der Waals surface area contributed by atoms with E-state index < -0.39 is 107 Å². The largest absolute Gasteiger partial charge is 0.460 e. The molecule has 0 spiro atoms. The number of alkyl halides is 35. The van der Waals surface area contributed by atoms with Crippen LogP contribution in [-0.4, -0.2) is 107 Å². The van der Waals surface area contributed by atoms with Gasteiger partial charge < -0.3 is 0 Å². The third-order valence-corrected chi connectivity index (χ3v) is 10.4. The topological polar surface area (TPSA) is 0 Å². The fourth-order valence-electron chi connectivity index (χ4n) is 3.28. The van der Waals surface area contributed by atoms with Crippen molar-refractivity contribution in [2.45, 2.75) is 101 Å². The van der Waals surface area contributed by atoms with Crippen molar-refractivity contribution in [2.75, 3.05) is 0 Å². The Balaban J connectivity index is 7.94. The third-order valence-electron chi connectivity index (χ3n) is 6.70. The monoisotopic (exact) mass is 1000 g/mol. The summed E-state index contributed by atoms with van der Waals surface area (Å²) >= 11 is 12.2. The first-order chi connectivity index (χ1) is 23.2. The SMILES string of the molecule is FC(F)(F)C(F)(F)C(F)(F)C(F)(F)C(F)(F)C(F)(F)C(F)(F)C(F)(F)C(F)(F)C(F)(F)C(F)(F)C(F)(F)C(F)(F)C(F)(F)C(F)(F)C(F)(C(F)(F)F)[Si](Cl)(Cl)Cl. The fraction of sp³-hybridized carbons (Fsp3) is 1.00. The summed E-state index contributed by atoms with van der Waals surface area (Å²) in [5.74, 6) is -139. The first kappa shape index (κ1) is 54.6. The minimum atomic E-state index is -10.3. The Morgan fingerprint density at radius 2 is 0.304 bits per heavy atom. The van der Waals surface area contributed by atoms with E-state index >= 15 is 0 Å². The van der Waals surface area contributed by atoms with Gasteiger partial charge in [-0.3, -0.25) is 0 Å². The first-order valence-electron chi connectivity index (χ1n) is 11.4. The van der Waals surface area contributed by atoms with Gasteiger partial charge in [0.05, 0.1) is 0 Å². The molecule has 0 N–H and O–H groups in total. The quantitative estimate of drug-likeness (QED) is 0.0871. The van der Waals surface area contributed by atoms with E-state index in [1.807, 2.05) is 0 Å². The molecule has 0 aliphatic rings. The van der Waals surface area contributed by atoms with Crippen LogP contribution >= 0.6 is 33.2 Å². The van der Waals surface area contributed by atoms with Gasteiger partial charge in [0.2, 0.25) is 0 Å². The molecule has 0 nitrogen and oxygen atoms in total. The normalized spacial score (nSPS) is 18.3. The zero-order valence-corrected chi connectivity index (χ0v) is 26.6. The van der Waals surface area contributed by atoms with Crippen LogP contribution in [0.25, 0.3) is 0 Å². The molecule has 338 valence electrons. The molecule has 1 unspecified atom stereocenters. The van der Waals surface area contributed by atoms with Gasteiger partial charge in [-0.15, -0.1) is 33.2 Å². The molecule has 0 aliphatic heterocycles. The predicted octanol–water partition coefficient (Wildman–Crippen LogP) is 12.9. The highest BCUT2D eigenvalue weighted by molar-refractivity contribution is 7.65. The summed E-state index contributed by atoms with van der Waals surface area (Å²) in [5.41, 5.74) is 0. The molecule has 0 saturated carbocycles. The van der Waals surface area contributed by atoms with Gasteiger partial charge in [0.25, 0.3) is 0 Å². The number of hydrogen-bond donors (Lipinski definition) is 0. The molecule has 56 heavy (non-hydrogen) atoms. The number of halogens is 38. The number of rotatable bonds is 15. The van der Waals surface area contributed by atoms with Crippen molar-refractivity contribution in [3.8, 4) is 0 Å². The highest BCUT2D eigenvalue weighted by Crippen LogP contribution is 2.71. The summed E-state index contributed by atoms with van der Waals surface area (Å²) in [6, 6.07) is -7.82. The molecule has 0 fully saturated rings. The van der Waals surface area contributed by atoms with Crippen molar-refractivity contribution in [3.05, 3.63) is 0 Å². The average Bonchev–Trinajstić information content (AvgIpc) is 2.93. The van der Waals surface area contributed by atoms with Crippen molar-refractivity contribution >= 4 is 39.2 Å². The average molecular weight is 1000 g/mol. The lowest BCUT2D eigenvalue weighted by atomic mass is 9.82. The molecule has 0 aromatic heterocycles. The molecule has 0 saturated heterocycles. The predicted molar refractivity (Wildman–Crippen MR) is 109 cm³/mol. The first-order valence-corrected chi connectivity index (χ1v) is 16.5. The van der Waals surface area contributed by atoms with Crippen LogP contribution in [-0.2, 0) is 0 Å². The lowest BCUT2D eigenvalue weighted by Crippen LogP contribution is -2.81. The Morgan fingerprint density at radius 1 is 0.179 bits per heavy atom. The molecule has 1 atom stereocenters. The van der Waals surface area contributed by atoms with Crippen LogP contribution in [0.1, 0.15) is 0 Å². The standard InChI is InChI=1S/C17Cl3F35Si/c18-56(19,20)15(49,17(53,54)55)13(45,46)11(41,42)9(37,38)7(33,34)5(29,30)3(25,26)1(21,22)2(23,24)4(27,28)6(31,32)8(35,36)10(39,40)12(43,44)14(47,48)16(50,51)52. The highest BCUT2D eigenvalue weighted by Gasteiger charge is 3.02. The smallest absolute Gasteiger partial charge is 0.226 e. The van der Waals surface area contributed by atoms with E-state index in [0.29, 0.717) is 0 Å². The summed E-state index contributed by atoms with van der Waals surface area (Å²) in [6.07, 6.45) is -16.6. The maximum Gasteiger partial charge on any atom is 0.460 e. The van der Waals surface area contributed by atoms with Crippen molar-refractivity contribution in [2.24, 2.45) is 0 Å². The summed E-state index contributed by atoms with van der Waals surface area (Å²) in [5, 5.41) is -8.09. The molecule has 0 rings (SSSR count). The van der Waals surface area contributed by atoms with Crippen LogP contribution in [0, 0.1) is 0 Å². The van der Waals surface area contributed by atoms with Crippen LogP contribution in [0.5, 0.6) is 0 Å². The van der Waals surface area contributed by atoms with E-state index in [9.17, 15) is 154 Å². The van der Waals surface area contributed by atoms with E-state index in [1.54, 1.807) is 0 Å². The van der Waals surface area contributed by atoms with Crippen LogP contribution < -0.4 is 0 Å². The van der Waals surface area contributed by atoms with Crippen molar-refractivity contribution in [1.82, 2.24) is 0 Å². The van der Waals surface area contributed by atoms with E-state index in [0.717, 1.165) is 0 Å². The van der Waals surface area contributed by atoms with Crippen LogP contribution in [0.4, 0.5) is 154 Å². The van der Waals surface area contributed by atoms with E-state index in [-0.39, 0.29) is 0 Å². The lowest BCUT2D eigenvalue weighted by Gasteiger charge is -2.47. The third kappa shape index (κ3) is 6.10. The molecule has 0 heterocycles. The fourth-order valence-corrected chi connectivity index (χ4v) is 6.14. The second-order valence-corrected chi connectivity index (χ2v) is 18.7. The maximum absolute atomic E-state index is 14.3. The maximum atomic E-state index is 14.3. The minimum absolute atomic E-state index is 4.08. The molecule has 0 bridgehead atoms. The summed E-state index contributed by atoms with van der Waals surface area (Å²) < 4.78 is 473. The van der Waals surface area contributed by atoms with Gasteiger partial charge in [-0.25, -0.2) is 4.39 Å². The van der Waals surface area contributed by atoms with Crippen molar-refractivity contribution in [1.29, 1.82) is 0 Å². The Kier molecular flexibility index (Phi) is 12.8. The Labute approximate surface area is 294 Å². The molecule has 0 radical (unpaired) electrons. The lowest BCUT2D eigenvalue weighted by molar-refractivity contribution is -0.490. The van der Waals surface area contributed by atoms with Gasteiger partial charge in [-0.1, -0.05) is 0 Å². The van der Waals surface area contributed by atoms with Crippen LogP contribution in [0.15, 0.2) is 0 Å². The van der Waals surface area contributed by atoms with Gasteiger partial charge >= 0.3 is 107 Å². The second kappa shape index (κ2) is 13.1. The summed E-state index contributed by atoms with van der Waals surface area (Å²) in [6.45, 7) is 0. The van der Waals surface area contributed by atoms with Gasteiger partial charge in [0.15, 0.2) is 0 Å². The van der Waals surface area contributed by atoms with E-state index in [2.05, 4.69) is 33.2 Å². The Bertz CT molecular complexity index is 1430. The zero-order valence-electron chi connectivity index (χ0n) is 23.4. The minimum Gasteiger partial charge on any atom is -0.226 e. The Hall–Kier alpha value is -1.36. The summed E-state index contributed by atoms with van der Waals surface area (Å²) in [7, 11) is 0. The highest BCUT2D eigenvalue weighted by atomic mass is 35.8. The van der Waals surface area contributed by atoms with Crippen molar-refractivity contribution in [3.63, 3.8) is 0 Å². The van der Waals surface area contributed by atoms with Gasteiger partial charge in [0, 0.05) is 0 Å². The Morgan fingerprint density at radius 3 is 0.411 bits per heavy atom. The van der Waals surface area contributed by atoms with Crippen LogP contribution in [0.2, 0.25) is 0 Å². The molecule has 39 heteroatoms. The number of hydrogen-bond acceptors (Lipinski definition) is 0. The molecular weight excluding hydrogens is 1000 g/mol. The second-order valence-electron chi connectivity index (χ2n) is 10.2. The molecule has 0 amide bonds. The zero-order chi connectivity index (χ0) is 47.0.